The van der Waals surface area contributed by atoms with Crippen molar-refractivity contribution in [3.05, 3.63) is 64.7 Å². The van der Waals surface area contributed by atoms with Crippen molar-refractivity contribution in [2.45, 2.75) is 13.2 Å². The van der Waals surface area contributed by atoms with Crippen molar-refractivity contribution < 1.29 is 5.11 Å². The average molecular weight is 262 g/mol. The SMILES string of the molecule is CN(Cc1ccccc1)c1ccc(CO)c(Cl)c1. The first-order chi connectivity index (χ1) is 8.70. The Morgan fingerprint density at radius 3 is 2.44 bits per heavy atom. The molecule has 0 saturated heterocycles. The van der Waals surface area contributed by atoms with E-state index in [9.17, 15) is 0 Å². The first kappa shape index (κ1) is 12.9. The predicted octanol–water partition coefficient (Wildman–Crippen LogP) is 3.47. The zero-order valence-corrected chi connectivity index (χ0v) is 11.1. The zero-order chi connectivity index (χ0) is 13.0. The molecule has 0 aliphatic heterocycles. The van der Waals surface area contributed by atoms with Crippen LogP contribution in [0.4, 0.5) is 5.69 Å². The highest BCUT2D eigenvalue weighted by molar-refractivity contribution is 6.31. The van der Waals surface area contributed by atoms with E-state index in [0.717, 1.165) is 17.8 Å². The van der Waals surface area contributed by atoms with Crippen LogP contribution in [0, 0.1) is 0 Å². The molecule has 1 N–H and O–H groups in total. The molecule has 18 heavy (non-hydrogen) atoms. The van der Waals surface area contributed by atoms with Gasteiger partial charge in [0, 0.05) is 24.3 Å². The van der Waals surface area contributed by atoms with E-state index in [-0.39, 0.29) is 6.61 Å². The highest BCUT2D eigenvalue weighted by Crippen LogP contribution is 2.24. The molecule has 2 nitrogen and oxygen atoms in total. The van der Waals surface area contributed by atoms with Crippen molar-refractivity contribution in [2.75, 3.05) is 11.9 Å². The van der Waals surface area contributed by atoms with Gasteiger partial charge in [0.15, 0.2) is 0 Å². The minimum Gasteiger partial charge on any atom is -0.392 e. The maximum atomic E-state index is 9.09. The van der Waals surface area contributed by atoms with Gasteiger partial charge < -0.3 is 10.0 Å². The Morgan fingerprint density at radius 2 is 1.83 bits per heavy atom. The highest BCUT2D eigenvalue weighted by Gasteiger charge is 2.05. The Kier molecular flexibility index (Phi) is 4.24. The molecule has 0 amide bonds. The number of anilines is 1. The van der Waals surface area contributed by atoms with E-state index >= 15 is 0 Å². The van der Waals surface area contributed by atoms with Crippen LogP contribution < -0.4 is 4.90 Å². The Bertz CT molecular complexity index is 513. The summed E-state index contributed by atoms with van der Waals surface area (Å²) in [5.41, 5.74) is 3.05. The Labute approximate surface area is 112 Å². The summed E-state index contributed by atoms with van der Waals surface area (Å²) in [7, 11) is 2.03. The van der Waals surface area contributed by atoms with Gasteiger partial charge in [-0.2, -0.15) is 0 Å². The molecule has 0 aliphatic carbocycles. The molecule has 0 heterocycles. The van der Waals surface area contributed by atoms with Crippen LogP contribution in [-0.4, -0.2) is 12.2 Å². The van der Waals surface area contributed by atoms with Crippen molar-refractivity contribution >= 4 is 17.3 Å². The number of nitrogens with zero attached hydrogens (tertiary/aromatic N) is 1. The summed E-state index contributed by atoms with van der Waals surface area (Å²) in [6, 6.07) is 16.0. The number of rotatable bonds is 4. The van der Waals surface area contributed by atoms with E-state index in [1.54, 1.807) is 0 Å². The predicted molar refractivity (Wildman–Crippen MR) is 75.9 cm³/mol. The second kappa shape index (κ2) is 5.89. The van der Waals surface area contributed by atoms with Gasteiger partial charge >= 0.3 is 0 Å². The van der Waals surface area contributed by atoms with Gasteiger partial charge in [0.05, 0.1) is 6.61 Å². The zero-order valence-electron chi connectivity index (χ0n) is 10.3. The number of aliphatic hydroxyl groups excluding tert-OH is 1. The first-order valence-electron chi connectivity index (χ1n) is 5.85. The number of hydrogen-bond acceptors (Lipinski definition) is 2. The molecule has 94 valence electrons. The number of benzene rings is 2. The van der Waals surface area contributed by atoms with E-state index in [1.165, 1.54) is 5.56 Å². The van der Waals surface area contributed by atoms with Crippen molar-refractivity contribution in [1.29, 1.82) is 0 Å². The van der Waals surface area contributed by atoms with Gasteiger partial charge in [-0.25, -0.2) is 0 Å². The fourth-order valence-corrected chi connectivity index (χ4v) is 2.09. The molecule has 0 bridgehead atoms. The molecule has 0 spiro atoms. The molecule has 0 aromatic heterocycles. The topological polar surface area (TPSA) is 23.5 Å². The highest BCUT2D eigenvalue weighted by atomic mass is 35.5. The van der Waals surface area contributed by atoms with E-state index < -0.39 is 0 Å². The molecule has 0 fully saturated rings. The summed E-state index contributed by atoms with van der Waals surface area (Å²) in [6.07, 6.45) is 0. The van der Waals surface area contributed by atoms with Crippen LogP contribution in [0.3, 0.4) is 0 Å². The largest absolute Gasteiger partial charge is 0.392 e. The van der Waals surface area contributed by atoms with Crippen LogP contribution in [0.5, 0.6) is 0 Å². The van der Waals surface area contributed by atoms with Crippen molar-refractivity contribution in [1.82, 2.24) is 0 Å². The minimum absolute atomic E-state index is 0.0263. The lowest BCUT2D eigenvalue weighted by molar-refractivity contribution is 0.282. The van der Waals surface area contributed by atoms with Crippen LogP contribution >= 0.6 is 11.6 Å². The lowest BCUT2D eigenvalue weighted by Gasteiger charge is -2.20. The molecule has 0 atom stereocenters. The molecule has 2 rings (SSSR count). The summed E-state index contributed by atoms with van der Waals surface area (Å²) >= 11 is 6.09. The third kappa shape index (κ3) is 3.03. The van der Waals surface area contributed by atoms with E-state index in [4.69, 9.17) is 16.7 Å². The van der Waals surface area contributed by atoms with Crippen LogP contribution in [0.25, 0.3) is 0 Å². The Hall–Kier alpha value is -1.51. The summed E-state index contributed by atoms with van der Waals surface area (Å²) < 4.78 is 0. The lowest BCUT2D eigenvalue weighted by Crippen LogP contribution is -2.16. The maximum Gasteiger partial charge on any atom is 0.0696 e. The van der Waals surface area contributed by atoms with Crippen LogP contribution in [-0.2, 0) is 13.2 Å². The Morgan fingerprint density at radius 1 is 1.11 bits per heavy atom. The normalized spacial score (nSPS) is 10.4. The molecule has 3 heteroatoms. The van der Waals surface area contributed by atoms with Crippen molar-refractivity contribution in [2.24, 2.45) is 0 Å². The van der Waals surface area contributed by atoms with Gasteiger partial charge in [0.25, 0.3) is 0 Å². The second-order valence-electron chi connectivity index (χ2n) is 4.28. The van der Waals surface area contributed by atoms with Gasteiger partial charge in [0.2, 0.25) is 0 Å². The molecule has 0 radical (unpaired) electrons. The Balaban J connectivity index is 2.14. The lowest BCUT2D eigenvalue weighted by atomic mass is 10.1. The fraction of sp³-hybridized carbons (Fsp3) is 0.200. The summed E-state index contributed by atoms with van der Waals surface area (Å²) in [6.45, 7) is 0.803. The van der Waals surface area contributed by atoms with E-state index in [0.29, 0.717) is 5.02 Å². The van der Waals surface area contributed by atoms with Crippen LogP contribution in [0.1, 0.15) is 11.1 Å². The monoisotopic (exact) mass is 261 g/mol. The van der Waals surface area contributed by atoms with Gasteiger partial charge in [0.1, 0.15) is 0 Å². The van der Waals surface area contributed by atoms with E-state index in [2.05, 4.69) is 17.0 Å². The van der Waals surface area contributed by atoms with Crippen molar-refractivity contribution in [3.63, 3.8) is 0 Å². The molecule has 0 unspecified atom stereocenters. The molecule has 2 aromatic carbocycles. The standard InChI is InChI=1S/C15H16ClNO/c1-17(10-12-5-3-2-4-6-12)14-8-7-13(11-18)15(16)9-14/h2-9,18H,10-11H2,1H3. The number of aliphatic hydroxyl groups is 1. The fourth-order valence-electron chi connectivity index (χ4n) is 1.85. The summed E-state index contributed by atoms with van der Waals surface area (Å²) in [5, 5.41) is 9.69. The minimum atomic E-state index is -0.0263. The summed E-state index contributed by atoms with van der Waals surface area (Å²) in [5.74, 6) is 0. The maximum absolute atomic E-state index is 9.09. The number of hydrogen-bond donors (Lipinski definition) is 1. The van der Waals surface area contributed by atoms with Gasteiger partial charge in [-0.1, -0.05) is 48.0 Å². The van der Waals surface area contributed by atoms with Gasteiger partial charge in [-0.05, 0) is 23.3 Å². The third-order valence-corrected chi connectivity index (χ3v) is 3.26. The number of halogens is 1. The van der Waals surface area contributed by atoms with E-state index in [1.807, 2.05) is 43.4 Å². The van der Waals surface area contributed by atoms with Crippen molar-refractivity contribution in [3.8, 4) is 0 Å². The molecular formula is C15H16ClNO. The molecule has 2 aromatic rings. The average Bonchev–Trinajstić information content (AvgIpc) is 2.39. The second-order valence-corrected chi connectivity index (χ2v) is 4.68. The van der Waals surface area contributed by atoms with Gasteiger partial charge in [-0.3, -0.25) is 0 Å². The molecule has 0 saturated carbocycles. The molecular weight excluding hydrogens is 246 g/mol. The summed E-state index contributed by atoms with van der Waals surface area (Å²) in [4.78, 5) is 2.13. The smallest absolute Gasteiger partial charge is 0.0696 e. The molecule has 0 aliphatic rings. The quantitative estimate of drug-likeness (QED) is 0.911. The van der Waals surface area contributed by atoms with Gasteiger partial charge in [-0.15, -0.1) is 0 Å². The van der Waals surface area contributed by atoms with Crippen LogP contribution in [0.15, 0.2) is 48.5 Å². The first-order valence-corrected chi connectivity index (χ1v) is 6.23. The third-order valence-electron chi connectivity index (χ3n) is 2.91. The van der Waals surface area contributed by atoms with Crippen LogP contribution in [0.2, 0.25) is 5.02 Å².